The summed E-state index contributed by atoms with van der Waals surface area (Å²) in [6.45, 7) is 3.62. The molecule has 1 aliphatic carbocycles. The van der Waals surface area contributed by atoms with E-state index in [0.29, 0.717) is 62.9 Å². The van der Waals surface area contributed by atoms with Crippen LogP contribution in [0.4, 0.5) is 4.79 Å². The third-order valence-corrected chi connectivity index (χ3v) is 10.2. The number of halogens is 1. The fourth-order valence-corrected chi connectivity index (χ4v) is 7.40. The Morgan fingerprint density at radius 2 is 1.55 bits per heavy atom. The maximum Gasteiger partial charge on any atom is 0.412 e. The lowest BCUT2D eigenvalue weighted by Crippen LogP contribution is -2.64. The number of ether oxygens (including phenoxy) is 1. The van der Waals surface area contributed by atoms with Crippen LogP contribution >= 0.6 is 11.6 Å². The molecule has 2 unspecified atom stereocenters. The predicted octanol–water partition coefficient (Wildman–Crippen LogP) is 4.72. The lowest BCUT2D eigenvalue weighted by molar-refractivity contribution is -0.139. The first-order chi connectivity index (χ1) is 22.9. The maximum absolute atomic E-state index is 14.1. The fourth-order valence-electron chi connectivity index (χ4n) is 7.27. The van der Waals surface area contributed by atoms with E-state index in [1.165, 1.54) is 12.0 Å². The molecule has 3 N–H and O–H groups in total. The number of carbonyl (C=O) groups excluding carboxylic acids is 3. The van der Waals surface area contributed by atoms with Crippen LogP contribution in [0.25, 0.3) is 0 Å². The number of benzene rings is 3. The Balaban J connectivity index is 1.10. The van der Waals surface area contributed by atoms with Crippen molar-refractivity contribution in [2.75, 3.05) is 32.7 Å². The molecule has 3 aromatic carbocycles. The van der Waals surface area contributed by atoms with Crippen molar-refractivity contribution in [1.82, 2.24) is 25.8 Å². The number of piperazine rings is 1. The Labute approximate surface area is 282 Å². The first-order valence-electron chi connectivity index (χ1n) is 16.8. The molecule has 2 heterocycles. The van der Waals surface area contributed by atoms with E-state index in [9.17, 15) is 14.4 Å². The first-order valence-corrected chi connectivity index (χ1v) is 17.2. The minimum atomic E-state index is -0.702. The van der Waals surface area contributed by atoms with E-state index >= 15 is 0 Å². The molecule has 0 spiro atoms. The molecule has 3 aliphatic rings. The Kier molecular flexibility index (Phi) is 10.8. The summed E-state index contributed by atoms with van der Waals surface area (Å²) in [5, 5.41) is 10.1. The maximum atomic E-state index is 14.1. The van der Waals surface area contributed by atoms with Gasteiger partial charge in [-0.05, 0) is 60.2 Å². The zero-order chi connectivity index (χ0) is 32.6. The van der Waals surface area contributed by atoms with Crippen molar-refractivity contribution >= 4 is 29.5 Å². The number of amides is 3. The summed E-state index contributed by atoms with van der Waals surface area (Å²) in [6, 6.07) is 23.6. The van der Waals surface area contributed by atoms with Crippen LogP contribution in [0.3, 0.4) is 0 Å². The van der Waals surface area contributed by atoms with Gasteiger partial charge >= 0.3 is 6.09 Å². The highest BCUT2D eigenvalue weighted by Crippen LogP contribution is 2.34. The standard InChI is InChI=1S/C37H44ClN5O4/c38-30-15-13-27(14-16-30)23-33(41-34(44)32-24-28-9-5-6-10-29(28)25-39-32)35(45)42-19-21-43(22-20-42)37(17-7-2-8-18-37)26-40-36(46)47-31-11-3-1-4-12-31/h1,3-6,9-16,32-33,39H,2,7-8,17-26H2,(H,40,46)(H,41,44). The molecule has 0 aromatic heterocycles. The summed E-state index contributed by atoms with van der Waals surface area (Å²) >= 11 is 6.14. The molecule has 47 heavy (non-hydrogen) atoms. The monoisotopic (exact) mass is 657 g/mol. The molecule has 2 aliphatic heterocycles. The zero-order valence-corrected chi connectivity index (χ0v) is 27.5. The molecule has 3 amide bonds. The van der Waals surface area contributed by atoms with Crippen molar-refractivity contribution in [2.24, 2.45) is 0 Å². The van der Waals surface area contributed by atoms with Crippen molar-refractivity contribution in [3.8, 4) is 5.75 Å². The van der Waals surface area contributed by atoms with Crippen LogP contribution in [-0.4, -0.2) is 78.1 Å². The molecule has 3 aromatic rings. The molecule has 1 saturated carbocycles. The van der Waals surface area contributed by atoms with E-state index in [0.717, 1.165) is 36.8 Å². The summed E-state index contributed by atoms with van der Waals surface area (Å²) in [4.78, 5) is 44.7. The number of carbonyl (C=O) groups is 3. The highest BCUT2D eigenvalue weighted by Gasteiger charge is 2.41. The number of nitrogens with one attached hydrogen (secondary N) is 3. The van der Waals surface area contributed by atoms with Gasteiger partial charge in [-0.25, -0.2) is 4.79 Å². The quantitative estimate of drug-likeness (QED) is 0.308. The molecule has 2 atom stereocenters. The van der Waals surface area contributed by atoms with Gasteiger partial charge in [0.25, 0.3) is 0 Å². The van der Waals surface area contributed by atoms with E-state index in [4.69, 9.17) is 16.3 Å². The Morgan fingerprint density at radius 1 is 0.872 bits per heavy atom. The second kappa shape index (κ2) is 15.3. The minimum absolute atomic E-state index is 0.0774. The summed E-state index contributed by atoms with van der Waals surface area (Å²) in [7, 11) is 0. The van der Waals surface area contributed by atoms with Crippen molar-refractivity contribution in [3.63, 3.8) is 0 Å². The summed E-state index contributed by atoms with van der Waals surface area (Å²) in [6.07, 6.45) is 5.86. The van der Waals surface area contributed by atoms with Gasteiger partial charge in [-0.3, -0.25) is 14.5 Å². The lowest BCUT2D eigenvalue weighted by atomic mass is 9.79. The fraction of sp³-hybridized carbons (Fsp3) is 0.432. The van der Waals surface area contributed by atoms with Crippen molar-refractivity contribution in [1.29, 1.82) is 0 Å². The van der Waals surface area contributed by atoms with Crippen LogP contribution in [0.15, 0.2) is 78.9 Å². The van der Waals surface area contributed by atoms with Crippen LogP contribution in [0, 0.1) is 0 Å². The van der Waals surface area contributed by atoms with E-state index in [1.807, 2.05) is 59.5 Å². The van der Waals surface area contributed by atoms with Gasteiger partial charge in [0.2, 0.25) is 11.8 Å². The molecule has 1 saturated heterocycles. The Bertz CT molecular complexity index is 1520. The van der Waals surface area contributed by atoms with E-state index in [-0.39, 0.29) is 17.4 Å². The molecule has 2 fully saturated rings. The second-order valence-electron chi connectivity index (χ2n) is 13.0. The SMILES string of the molecule is O=C(NCC1(N2CCN(C(=O)C(Cc3ccc(Cl)cc3)NC(=O)C3Cc4ccccc4CN3)CC2)CCCCC1)Oc1ccccc1. The van der Waals surface area contributed by atoms with Gasteiger partial charge in [-0.1, -0.05) is 85.5 Å². The lowest BCUT2D eigenvalue weighted by Gasteiger charge is -2.50. The van der Waals surface area contributed by atoms with Gasteiger partial charge < -0.3 is 25.6 Å². The highest BCUT2D eigenvalue weighted by atomic mass is 35.5. The smallest absolute Gasteiger partial charge is 0.410 e. The number of para-hydroxylation sites is 1. The summed E-state index contributed by atoms with van der Waals surface area (Å²) in [5.74, 6) is 0.269. The molecule has 9 nitrogen and oxygen atoms in total. The number of rotatable bonds is 9. The van der Waals surface area contributed by atoms with Crippen molar-refractivity contribution < 1.29 is 19.1 Å². The van der Waals surface area contributed by atoms with Gasteiger partial charge in [-0.2, -0.15) is 0 Å². The van der Waals surface area contributed by atoms with Gasteiger partial charge in [0.1, 0.15) is 11.8 Å². The average molecular weight is 658 g/mol. The van der Waals surface area contributed by atoms with Crippen molar-refractivity contribution in [3.05, 3.63) is 101 Å². The molecule has 0 radical (unpaired) electrons. The third kappa shape index (κ3) is 8.33. The molecule has 248 valence electrons. The average Bonchev–Trinajstić information content (AvgIpc) is 3.11. The molecule has 10 heteroatoms. The van der Waals surface area contributed by atoms with Gasteiger partial charge in [-0.15, -0.1) is 0 Å². The number of hydrogen-bond donors (Lipinski definition) is 3. The predicted molar refractivity (Wildman–Crippen MR) is 182 cm³/mol. The zero-order valence-electron chi connectivity index (χ0n) is 26.8. The molecule has 0 bridgehead atoms. The van der Waals surface area contributed by atoms with E-state index < -0.39 is 18.2 Å². The van der Waals surface area contributed by atoms with Gasteiger partial charge in [0.05, 0.1) is 6.04 Å². The molecule has 6 rings (SSSR count). The Hall–Kier alpha value is -3.92. The first kappa shape index (κ1) is 33.0. The van der Waals surface area contributed by atoms with E-state index in [2.05, 4.69) is 33.0 Å². The van der Waals surface area contributed by atoms with Crippen LogP contribution in [0.5, 0.6) is 5.75 Å². The number of hydrogen-bond acceptors (Lipinski definition) is 6. The molecular weight excluding hydrogens is 614 g/mol. The topological polar surface area (TPSA) is 103 Å². The number of nitrogens with zero attached hydrogens (tertiary/aromatic N) is 2. The number of fused-ring (bicyclic) bond motifs is 1. The minimum Gasteiger partial charge on any atom is -0.410 e. The van der Waals surface area contributed by atoms with Crippen molar-refractivity contribution in [2.45, 2.75) is 69.1 Å². The van der Waals surface area contributed by atoms with Crippen LogP contribution in [-0.2, 0) is 29.0 Å². The Morgan fingerprint density at radius 3 is 2.28 bits per heavy atom. The van der Waals surface area contributed by atoms with Gasteiger partial charge in [0.15, 0.2) is 0 Å². The summed E-state index contributed by atoms with van der Waals surface area (Å²) in [5.41, 5.74) is 3.11. The van der Waals surface area contributed by atoms with Crippen LogP contribution in [0.1, 0.15) is 48.8 Å². The molecular formula is C37H44ClN5O4. The van der Waals surface area contributed by atoms with Gasteiger partial charge in [0, 0.05) is 56.3 Å². The second-order valence-corrected chi connectivity index (χ2v) is 13.4. The largest absolute Gasteiger partial charge is 0.412 e. The summed E-state index contributed by atoms with van der Waals surface area (Å²) < 4.78 is 5.49. The van der Waals surface area contributed by atoms with Crippen LogP contribution < -0.4 is 20.7 Å². The third-order valence-electron chi connectivity index (χ3n) is 9.93. The van der Waals surface area contributed by atoms with Crippen LogP contribution in [0.2, 0.25) is 5.02 Å². The highest BCUT2D eigenvalue weighted by molar-refractivity contribution is 6.30. The normalized spacial score (nSPS) is 20.0. The van der Waals surface area contributed by atoms with E-state index in [1.54, 1.807) is 12.1 Å².